The molecular formula is C26H26N6O3. The SMILES string of the molecule is COc1ccc(OC)c(-c2cc(C(=O)Nc3cccc(-c4ccc(N5CCCC5)nn4)c3)[nH]n2)c1. The number of carbonyl (C=O) groups excluding carboxylic acids is 1. The van der Waals surface area contributed by atoms with Gasteiger partial charge in [0.05, 0.1) is 25.6 Å². The van der Waals surface area contributed by atoms with Crippen molar-refractivity contribution in [1.82, 2.24) is 20.4 Å². The summed E-state index contributed by atoms with van der Waals surface area (Å²) in [6, 6.07) is 18.6. The van der Waals surface area contributed by atoms with E-state index >= 15 is 0 Å². The molecule has 35 heavy (non-hydrogen) atoms. The van der Waals surface area contributed by atoms with Crippen molar-refractivity contribution < 1.29 is 14.3 Å². The molecule has 1 fully saturated rings. The lowest BCUT2D eigenvalue weighted by molar-refractivity contribution is 0.102. The first-order valence-corrected chi connectivity index (χ1v) is 11.4. The van der Waals surface area contributed by atoms with Crippen molar-refractivity contribution in [2.75, 3.05) is 37.5 Å². The van der Waals surface area contributed by atoms with Gasteiger partial charge in [0.1, 0.15) is 17.2 Å². The second kappa shape index (κ2) is 9.84. The highest BCUT2D eigenvalue weighted by molar-refractivity contribution is 6.03. The third-order valence-corrected chi connectivity index (χ3v) is 6.00. The van der Waals surface area contributed by atoms with Crippen molar-refractivity contribution in [3.05, 3.63) is 66.4 Å². The van der Waals surface area contributed by atoms with Crippen LogP contribution in [0.15, 0.2) is 60.7 Å². The Hall–Kier alpha value is -4.40. The Morgan fingerprint density at radius 1 is 0.943 bits per heavy atom. The standard InChI is InChI=1S/C26H26N6O3/c1-34-19-8-10-24(35-2)20(15-19)22-16-23(30-29-22)26(33)27-18-7-5-6-17(14-18)21-9-11-25(31-28-21)32-12-3-4-13-32/h5-11,14-16H,3-4,12-13H2,1-2H3,(H,27,33)(H,29,30). The highest BCUT2D eigenvalue weighted by Gasteiger charge is 2.16. The summed E-state index contributed by atoms with van der Waals surface area (Å²) < 4.78 is 10.7. The van der Waals surface area contributed by atoms with Gasteiger partial charge in [0, 0.05) is 29.9 Å². The van der Waals surface area contributed by atoms with Crippen molar-refractivity contribution in [2.45, 2.75) is 12.8 Å². The van der Waals surface area contributed by atoms with Crippen LogP contribution in [0.4, 0.5) is 11.5 Å². The first-order valence-electron chi connectivity index (χ1n) is 11.4. The second-order valence-corrected chi connectivity index (χ2v) is 8.24. The number of methoxy groups -OCH3 is 2. The van der Waals surface area contributed by atoms with Gasteiger partial charge in [-0.3, -0.25) is 9.89 Å². The van der Waals surface area contributed by atoms with Crippen LogP contribution in [-0.2, 0) is 0 Å². The molecular weight excluding hydrogens is 444 g/mol. The predicted molar refractivity (Wildman–Crippen MR) is 134 cm³/mol. The number of carbonyl (C=O) groups is 1. The quantitative estimate of drug-likeness (QED) is 0.412. The van der Waals surface area contributed by atoms with Gasteiger partial charge in [-0.2, -0.15) is 5.10 Å². The molecule has 2 aromatic heterocycles. The molecule has 1 aliphatic heterocycles. The summed E-state index contributed by atoms with van der Waals surface area (Å²) in [4.78, 5) is 15.1. The summed E-state index contributed by atoms with van der Waals surface area (Å²) in [6.45, 7) is 2.05. The first-order chi connectivity index (χ1) is 17.1. The monoisotopic (exact) mass is 470 g/mol. The Morgan fingerprint density at radius 3 is 2.54 bits per heavy atom. The summed E-state index contributed by atoms with van der Waals surface area (Å²) in [6.07, 6.45) is 2.38. The van der Waals surface area contributed by atoms with E-state index in [0.29, 0.717) is 28.6 Å². The van der Waals surface area contributed by atoms with Crippen molar-refractivity contribution in [2.24, 2.45) is 0 Å². The van der Waals surface area contributed by atoms with Crippen molar-refractivity contribution in [3.8, 4) is 34.0 Å². The molecule has 1 saturated heterocycles. The molecule has 0 radical (unpaired) electrons. The molecule has 1 aliphatic rings. The Morgan fingerprint density at radius 2 is 1.80 bits per heavy atom. The maximum absolute atomic E-state index is 12.9. The lowest BCUT2D eigenvalue weighted by atomic mass is 10.1. The largest absolute Gasteiger partial charge is 0.497 e. The lowest BCUT2D eigenvalue weighted by Gasteiger charge is -2.15. The van der Waals surface area contributed by atoms with E-state index in [4.69, 9.17) is 9.47 Å². The molecule has 2 aromatic carbocycles. The Balaban J connectivity index is 1.32. The van der Waals surface area contributed by atoms with Gasteiger partial charge in [0.15, 0.2) is 5.82 Å². The number of aromatic amines is 1. The fourth-order valence-corrected chi connectivity index (χ4v) is 4.14. The Kier molecular flexibility index (Phi) is 6.30. The maximum Gasteiger partial charge on any atom is 0.273 e. The summed E-state index contributed by atoms with van der Waals surface area (Å²) in [5.41, 5.74) is 3.89. The van der Waals surface area contributed by atoms with Crippen molar-refractivity contribution in [1.29, 1.82) is 0 Å². The molecule has 0 atom stereocenters. The zero-order valence-electron chi connectivity index (χ0n) is 19.6. The van der Waals surface area contributed by atoms with E-state index in [2.05, 4.69) is 30.6 Å². The zero-order chi connectivity index (χ0) is 24.2. The van der Waals surface area contributed by atoms with Crippen LogP contribution in [0.2, 0.25) is 0 Å². The number of nitrogens with one attached hydrogen (secondary N) is 2. The molecule has 178 valence electrons. The minimum Gasteiger partial charge on any atom is -0.497 e. The van der Waals surface area contributed by atoms with Gasteiger partial charge in [0.25, 0.3) is 5.91 Å². The zero-order valence-corrected chi connectivity index (χ0v) is 19.6. The summed E-state index contributed by atoms with van der Waals surface area (Å²) >= 11 is 0. The molecule has 1 amide bonds. The van der Waals surface area contributed by atoms with Gasteiger partial charge in [-0.25, -0.2) is 0 Å². The van der Waals surface area contributed by atoms with Crippen LogP contribution in [0.3, 0.4) is 0 Å². The van der Waals surface area contributed by atoms with Crippen molar-refractivity contribution >= 4 is 17.4 Å². The fourth-order valence-electron chi connectivity index (χ4n) is 4.14. The van der Waals surface area contributed by atoms with Crippen LogP contribution in [0.1, 0.15) is 23.3 Å². The molecule has 0 saturated carbocycles. The van der Waals surface area contributed by atoms with Gasteiger partial charge in [-0.05, 0) is 61.4 Å². The topological polar surface area (TPSA) is 105 Å². The highest BCUT2D eigenvalue weighted by atomic mass is 16.5. The molecule has 9 nitrogen and oxygen atoms in total. The van der Waals surface area contributed by atoms with E-state index in [9.17, 15) is 4.79 Å². The van der Waals surface area contributed by atoms with Crippen LogP contribution in [-0.4, -0.2) is 53.6 Å². The van der Waals surface area contributed by atoms with Gasteiger partial charge < -0.3 is 19.7 Å². The number of amides is 1. The molecule has 0 spiro atoms. The number of anilines is 2. The number of nitrogens with zero attached hydrogens (tertiary/aromatic N) is 4. The third-order valence-electron chi connectivity index (χ3n) is 6.00. The smallest absolute Gasteiger partial charge is 0.273 e. The molecule has 0 aliphatic carbocycles. The summed E-state index contributed by atoms with van der Waals surface area (Å²) in [7, 11) is 3.18. The van der Waals surface area contributed by atoms with Gasteiger partial charge >= 0.3 is 0 Å². The number of hydrogen-bond donors (Lipinski definition) is 2. The third kappa shape index (κ3) is 4.79. The number of H-pyrrole nitrogens is 1. The van der Waals surface area contributed by atoms with Crippen molar-refractivity contribution in [3.63, 3.8) is 0 Å². The van der Waals surface area contributed by atoms with E-state index in [0.717, 1.165) is 35.7 Å². The molecule has 0 bridgehead atoms. The van der Waals surface area contributed by atoms with E-state index in [1.165, 1.54) is 12.8 Å². The maximum atomic E-state index is 12.9. The lowest BCUT2D eigenvalue weighted by Crippen LogP contribution is -2.19. The number of rotatable bonds is 7. The van der Waals surface area contributed by atoms with Crippen LogP contribution in [0, 0.1) is 0 Å². The van der Waals surface area contributed by atoms with Gasteiger partial charge in [0.2, 0.25) is 0 Å². The highest BCUT2D eigenvalue weighted by Crippen LogP contribution is 2.32. The number of ether oxygens (including phenoxy) is 2. The summed E-state index contributed by atoms with van der Waals surface area (Å²) in [5, 5.41) is 18.8. The Bertz CT molecular complexity index is 1330. The molecule has 2 N–H and O–H groups in total. The minimum absolute atomic E-state index is 0.307. The molecule has 5 rings (SSSR count). The summed E-state index contributed by atoms with van der Waals surface area (Å²) in [5.74, 6) is 1.90. The van der Waals surface area contributed by atoms with E-state index in [-0.39, 0.29) is 5.91 Å². The average molecular weight is 471 g/mol. The minimum atomic E-state index is -0.307. The van der Waals surface area contributed by atoms with Crippen LogP contribution < -0.4 is 19.7 Å². The first kappa shape index (κ1) is 22.4. The van der Waals surface area contributed by atoms with Gasteiger partial charge in [-0.15, -0.1) is 10.2 Å². The van der Waals surface area contributed by atoms with Crippen LogP contribution >= 0.6 is 0 Å². The average Bonchev–Trinajstić information content (AvgIpc) is 3.62. The number of aromatic nitrogens is 4. The van der Waals surface area contributed by atoms with Gasteiger partial charge in [-0.1, -0.05) is 12.1 Å². The van der Waals surface area contributed by atoms with Crippen LogP contribution in [0.5, 0.6) is 11.5 Å². The number of hydrogen-bond acceptors (Lipinski definition) is 7. The predicted octanol–water partition coefficient (Wildman–Crippen LogP) is 4.40. The Labute approximate surface area is 203 Å². The molecule has 9 heteroatoms. The normalized spacial score (nSPS) is 13.0. The molecule has 4 aromatic rings. The molecule has 3 heterocycles. The molecule has 0 unspecified atom stereocenters. The van der Waals surface area contributed by atoms with E-state index < -0.39 is 0 Å². The fraction of sp³-hybridized carbons (Fsp3) is 0.231. The van der Waals surface area contributed by atoms with E-state index in [1.807, 2.05) is 42.5 Å². The number of benzene rings is 2. The van der Waals surface area contributed by atoms with Crippen LogP contribution in [0.25, 0.3) is 22.5 Å². The van der Waals surface area contributed by atoms with E-state index in [1.54, 1.807) is 32.4 Å². The second-order valence-electron chi connectivity index (χ2n) is 8.24.